The Kier molecular flexibility index (Phi) is 3.64. The van der Waals surface area contributed by atoms with Crippen LogP contribution in [0.5, 0.6) is 0 Å². The van der Waals surface area contributed by atoms with Crippen molar-refractivity contribution in [2.45, 2.75) is 12.5 Å². The van der Waals surface area contributed by atoms with E-state index in [1.165, 1.54) is 6.07 Å². The molecular weight excluding hydrogens is 263 g/mol. The van der Waals surface area contributed by atoms with E-state index in [9.17, 15) is 8.78 Å². The maximum Gasteiger partial charge on any atom is 0.257 e. The van der Waals surface area contributed by atoms with E-state index in [0.29, 0.717) is 0 Å². The summed E-state index contributed by atoms with van der Waals surface area (Å²) in [6.45, 7) is 0. The monoisotopic (exact) mass is 269 g/mol. The third-order valence-corrected chi connectivity index (χ3v) is 2.41. The maximum absolute atomic E-state index is 12.2. The zero-order valence-corrected chi connectivity index (χ0v) is 8.82. The number of halogens is 4. The lowest BCUT2D eigenvalue weighted by Crippen LogP contribution is -2.19. The fraction of sp³-hybridized carbons (Fsp3) is 0.250. The van der Waals surface area contributed by atoms with Crippen LogP contribution in [0.4, 0.5) is 8.78 Å². The fourth-order valence-electron chi connectivity index (χ4n) is 0.908. The highest BCUT2D eigenvalue weighted by Gasteiger charge is 2.19. The van der Waals surface area contributed by atoms with Crippen LogP contribution >= 0.6 is 27.5 Å². The van der Waals surface area contributed by atoms with Crippen LogP contribution in [0.2, 0.25) is 5.02 Å². The summed E-state index contributed by atoms with van der Waals surface area (Å²) in [5.74, 6) is 0. The predicted molar refractivity (Wildman–Crippen MR) is 52.1 cm³/mol. The summed E-state index contributed by atoms with van der Waals surface area (Å²) >= 11 is 8.89. The zero-order chi connectivity index (χ0) is 10.0. The van der Waals surface area contributed by atoms with Crippen molar-refractivity contribution in [1.29, 1.82) is 0 Å². The molecule has 1 atom stereocenters. The van der Waals surface area contributed by atoms with Crippen molar-refractivity contribution in [3.05, 3.63) is 33.3 Å². The Morgan fingerprint density at radius 1 is 1.38 bits per heavy atom. The highest BCUT2D eigenvalue weighted by Crippen LogP contribution is 2.28. The molecule has 0 unspecified atom stereocenters. The van der Waals surface area contributed by atoms with Crippen molar-refractivity contribution >= 4 is 27.5 Å². The summed E-state index contributed by atoms with van der Waals surface area (Å²) in [5.41, 5.74) is 5.50. The molecule has 0 aliphatic heterocycles. The van der Waals surface area contributed by atoms with Gasteiger partial charge in [0.05, 0.1) is 6.04 Å². The van der Waals surface area contributed by atoms with Gasteiger partial charge in [-0.2, -0.15) is 0 Å². The first-order valence-electron chi connectivity index (χ1n) is 3.51. The summed E-state index contributed by atoms with van der Waals surface area (Å²) in [7, 11) is 0. The molecule has 1 aromatic rings. The fourth-order valence-corrected chi connectivity index (χ4v) is 1.71. The van der Waals surface area contributed by atoms with Crippen molar-refractivity contribution < 1.29 is 8.78 Å². The first-order valence-corrected chi connectivity index (χ1v) is 4.68. The molecule has 0 fully saturated rings. The smallest absolute Gasteiger partial charge is 0.257 e. The van der Waals surface area contributed by atoms with Crippen LogP contribution in [0, 0.1) is 0 Å². The molecule has 0 radical (unpaired) electrons. The summed E-state index contributed by atoms with van der Waals surface area (Å²) in [6, 6.07) is 3.34. The van der Waals surface area contributed by atoms with Gasteiger partial charge in [0.1, 0.15) is 0 Å². The lowest BCUT2D eigenvalue weighted by Gasteiger charge is -2.12. The summed E-state index contributed by atoms with van der Waals surface area (Å²) in [5, 5.41) is 0.252. The topological polar surface area (TPSA) is 26.0 Å². The molecule has 1 aromatic carbocycles. The SMILES string of the molecule is N[C@H](c1ccc(Br)cc1Cl)C(F)F. The van der Waals surface area contributed by atoms with Crippen LogP contribution in [-0.2, 0) is 0 Å². The van der Waals surface area contributed by atoms with E-state index >= 15 is 0 Å². The van der Waals surface area contributed by atoms with Crippen molar-refractivity contribution in [2.75, 3.05) is 0 Å². The minimum absolute atomic E-state index is 0.252. The van der Waals surface area contributed by atoms with E-state index in [1.54, 1.807) is 12.1 Å². The molecule has 0 aliphatic carbocycles. The highest BCUT2D eigenvalue weighted by atomic mass is 79.9. The van der Waals surface area contributed by atoms with Gasteiger partial charge in [-0.1, -0.05) is 33.6 Å². The Morgan fingerprint density at radius 3 is 2.46 bits per heavy atom. The number of alkyl halides is 2. The second kappa shape index (κ2) is 4.35. The van der Waals surface area contributed by atoms with Gasteiger partial charge < -0.3 is 5.73 Å². The molecule has 0 bridgehead atoms. The lowest BCUT2D eigenvalue weighted by atomic mass is 10.1. The zero-order valence-electron chi connectivity index (χ0n) is 6.48. The number of hydrogen-bond acceptors (Lipinski definition) is 1. The van der Waals surface area contributed by atoms with Crippen LogP contribution in [0.15, 0.2) is 22.7 Å². The van der Waals surface area contributed by atoms with Crippen LogP contribution in [0.3, 0.4) is 0 Å². The van der Waals surface area contributed by atoms with E-state index in [4.69, 9.17) is 17.3 Å². The number of nitrogens with two attached hydrogens (primary N) is 1. The minimum atomic E-state index is -2.60. The molecule has 1 nitrogen and oxygen atoms in total. The molecule has 0 spiro atoms. The Hall–Kier alpha value is -0.190. The van der Waals surface area contributed by atoms with E-state index < -0.39 is 12.5 Å². The Balaban J connectivity index is 3.01. The molecule has 0 saturated heterocycles. The molecule has 5 heteroatoms. The number of rotatable bonds is 2. The Morgan fingerprint density at radius 2 is 2.00 bits per heavy atom. The summed E-state index contributed by atoms with van der Waals surface area (Å²) in [6.07, 6.45) is -2.60. The van der Waals surface area contributed by atoms with E-state index in [1.807, 2.05) is 0 Å². The predicted octanol–water partition coefficient (Wildman–Crippen LogP) is 3.37. The Bertz CT molecular complexity index is 306. The molecule has 1 rings (SSSR count). The first kappa shape index (κ1) is 10.9. The highest BCUT2D eigenvalue weighted by molar-refractivity contribution is 9.10. The lowest BCUT2D eigenvalue weighted by molar-refractivity contribution is 0.116. The number of benzene rings is 1. The molecule has 0 heterocycles. The van der Waals surface area contributed by atoms with Crippen LogP contribution in [0.1, 0.15) is 11.6 Å². The van der Waals surface area contributed by atoms with E-state index in [2.05, 4.69) is 15.9 Å². The van der Waals surface area contributed by atoms with E-state index in [0.717, 1.165) is 4.47 Å². The molecule has 13 heavy (non-hydrogen) atoms. The van der Waals surface area contributed by atoms with Gasteiger partial charge in [0.25, 0.3) is 6.43 Å². The Labute approximate surface area is 88.0 Å². The van der Waals surface area contributed by atoms with Crippen LogP contribution in [-0.4, -0.2) is 6.43 Å². The van der Waals surface area contributed by atoms with Gasteiger partial charge in [-0.15, -0.1) is 0 Å². The summed E-state index contributed by atoms with van der Waals surface area (Å²) in [4.78, 5) is 0. The normalized spacial score (nSPS) is 13.4. The van der Waals surface area contributed by atoms with Gasteiger partial charge in [-0.05, 0) is 17.7 Å². The quantitative estimate of drug-likeness (QED) is 0.876. The van der Waals surface area contributed by atoms with Gasteiger partial charge in [-0.3, -0.25) is 0 Å². The first-order chi connectivity index (χ1) is 6.02. The molecule has 0 amide bonds. The van der Waals surface area contributed by atoms with Gasteiger partial charge in [0.15, 0.2) is 0 Å². The van der Waals surface area contributed by atoms with E-state index in [-0.39, 0.29) is 10.6 Å². The van der Waals surface area contributed by atoms with Gasteiger partial charge in [-0.25, -0.2) is 8.78 Å². The standard InChI is InChI=1S/C8H7BrClF2N/c9-4-1-2-5(6(10)3-4)7(13)8(11)12/h1-3,7-8H,13H2/t7-/m1/s1. The number of hydrogen-bond donors (Lipinski definition) is 1. The van der Waals surface area contributed by atoms with Gasteiger partial charge >= 0.3 is 0 Å². The van der Waals surface area contributed by atoms with Gasteiger partial charge in [0.2, 0.25) is 0 Å². The second-order valence-corrected chi connectivity index (χ2v) is 3.85. The van der Waals surface area contributed by atoms with Crippen molar-refractivity contribution in [3.8, 4) is 0 Å². The molecule has 0 saturated carbocycles. The molecule has 2 N–H and O–H groups in total. The largest absolute Gasteiger partial charge is 0.319 e. The van der Waals surface area contributed by atoms with Crippen molar-refractivity contribution in [2.24, 2.45) is 5.73 Å². The van der Waals surface area contributed by atoms with Crippen molar-refractivity contribution in [1.82, 2.24) is 0 Å². The van der Waals surface area contributed by atoms with Gasteiger partial charge in [0, 0.05) is 9.50 Å². The third kappa shape index (κ3) is 2.62. The molecule has 0 aromatic heterocycles. The maximum atomic E-state index is 12.2. The second-order valence-electron chi connectivity index (χ2n) is 2.53. The molecular formula is C8H7BrClF2N. The van der Waals surface area contributed by atoms with Crippen LogP contribution < -0.4 is 5.73 Å². The average molecular weight is 271 g/mol. The minimum Gasteiger partial charge on any atom is -0.319 e. The van der Waals surface area contributed by atoms with Crippen molar-refractivity contribution in [3.63, 3.8) is 0 Å². The van der Waals surface area contributed by atoms with Crippen LogP contribution in [0.25, 0.3) is 0 Å². The summed E-state index contributed by atoms with van der Waals surface area (Å²) < 4.78 is 25.1. The molecule has 0 aliphatic rings. The third-order valence-electron chi connectivity index (χ3n) is 1.59. The molecule has 72 valence electrons. The average Bonchev–Trinajstić information content (AvgIpc) is 2.03.